The maximum Gasteiger partial charge on any atom is 0.309 e. The number of aliphatic carboxylic acids is 1. The minimum Gasteiger partial charge on any atom is -0.481 e. The number of epoxide rings is 1. The molecular formula is C33H44O7. The van der Waals surface area contributed by atoms with Gasteiger partial charge in [0.1, 0.15) is 5.60 Å². The predicted octanol–water partition coefficient (Wildman–Crippen LogP) is 6.29. The fraction of sp³-hybridized carbons (Fsp3) is 0.727. The van der Waals surface area contributed by atoms with Crippen molar-refractivity contribution in [1.29, 1.82) is 0 Å². The summed E-state index contributed by atoms with van der Waals surface area (Å²) >= 11 is 0. The Morgan fingerprint density at radius 3 is 2.20 bits per heavy atom. The highest BCUT2D eigenvalue weighted by atomic mass is 16.6. The Labute approximate surface area is 237 Å². The van der Waals surface area contributed by atoms with Crippen molar-refractivity contribution in [2.75, 3.05) is 0 Å². The second-order valence-corrected chi connectivity index (χ2v) is 14.9. The molecule has 8 atom stereocenters. The molecule has 4 aliphatic carbocycles. The Morgan fingerprint density at radius 2 is 1.57 bits per heavy atom. The number of fused-ring (bicyclic) bond motifs is 5. The number of hydrogen-bond acceptors (Lipinski definition) is 6. The number of ether oxygens (including phenoxy) is 3. The van der Waals surface area contributed by atoms with E-state index in [1.165, 1.54) is 13.8 Å². The Bertz CT molecular complexity index is 1350. The van der Waals surface area contributed by atoms with Crippen molar-refractivity contribution in [1.82, 2.24) is 0 Å². The van der Waals surface area contributed by atoms with E-state index in [0.29, 0.717) is 24.5 Å². The topological polar surface area (TPSA) is 102 Å². The number of carbonyl (C=O) groups excluding carboxylic acids is 2. The first kappa shape index (κ1) is 27.7. The van der Waals surface area contributed by atoms with Gasteiger partial charge in [0.05, 0.1) is 11.5 Å². The summed E-state index contributed by atoms with van der Waals surface area (Å²) in [7, 11) is 0. The molecule has 218 valence electrons. The van der Waals surface area contributed by atoms with Crippen LogP contribution in [0.25, 0.3) is 0 Å². The summed E-state index contributed by atoms with van der Waals surface area (Å²) in [6.07, 6.45) is 7.13. The first-order valence-electron chi connectivity index (χ1n) is 14.9. The van der Waals surface area contributed by atoms with Gasteiger partial charge in [0.2, 0.25) is 0 Å². The van der Waals surface area contributed by atoms with E-state index in [4.69, 9.17) is 14.2 Å². The van der Waals surface area contributed by atoms with Gasteiger partial charge in [0, 0.05) is 31.1 Å². The predicted molar refractivity (Wildman–Crippen MR) is 148 cm³/mol. The third-order valence-corrected chi connectivity index (χ3v) is 13.1. The molecule has 5 aliphatic rings. The van der Waals surface area contributed by atoms with Crippen LogP contribution in [0.3, 0.4) is 0 Å². The maximum absolute atomic E-state index is 12.4. The normalized spacial score (nSPS) is 44.6. The van der Waals surface area contributed by atoms with Crippen LogP contribution in [-0.4, -0.2) is 34.7 Å². The van der Waals surface area contributed by atoms with E-state index in [2.05, 4.69) is 27.7 Å². The van der Waals surface area contributed by atoms with Crippen LogP contribution < -0.4 is 9.47 Å². The highest BCUT2D eigenvalue weighted by Crippen LogP contribution is 2.81. The number of hydrogen-bond donors (Lipinski definition) is 1. The van der Waals surface area contributed by atoms with E-state index in [9.17, 15) is 19.5 Å². The number of carboxylic acid groups (broad SMARTS) is 1. The summed E-state index contributed by atoms with van der Waals surface area (Å²) in [5.41, 5.74) is 1.56. The Kier molecular flexibility index (Phi) is 5.63. The van der Waals surface area contributed by atoms with Crippen molar-refractivity contribution < 1.29 is 33.7 Å². The lowest BCUT2D eigenvalue weighted by Gasteiger charge is -2.71. The molecule has 1 spiro atoms. The lowest BCUT2D eigenvalue weighted by Crippen LogP contribution is -2.70. The van der Waals surface area contributed by atoms with Crippen LogP contribution in [0.2, 0.25) is 0 Å². The van der Waals surface area contributed by atoms with Gasteiger partial charge in [-0.05, 0) is 98.3 Å². The molecule has 4 fully saturated rings. The Balaban J connectivity index is 1.49. The van der Waals surface area contributed by atoms with Gasteiger partial charge in [-0.15, -0.1) is 0 Å². The lowest BCUT2D eigenvalue weighted by atomic mass is 9.32. The van der Waals surface area contributed by atoms with Gasteiger partial charge in [-0.1, -0.05) is 27.7 Å². The molecule has 6 rings (SSSR count). The maximum atomic E-state index is 12.4. The zero-order chi connectivity index (χ0) is 29.3. The average Bonchev–Trinajstić information content (AvgIpc) is 3.61. The van der Waals surface area contributed by atoms with E-state index in [1.54, 1.807) is 0 Å². The summed E-state index contributed by atoms with van der Waals surface area (Å²) in [6.45, 7) is 16.2. The van der Waals surface area contributed by atoms with Crippen LogP contribution in [0.4, 0.5) is 0 Å². The summed E-state index contributed by atoms with van der Waals surface area (Å²) in [6, 6.07) is 1.93. The van der Waals surface area contributed by atoms with Crippen LogP contribution in [0.1, 0.15) is 110 Å². The Morgan fingerprint density at radius 1 is 0.925 bits per heavy atom. The van der Waals surface area contributed by atoms with Gasteiger partial charge in [-0.2, -0.15) is 0 Å². The summed E-state index contributed by atoms with van der Waals surface area (Å²) < 4.78 is 18.2. The van der Waals surface area contributed by atoms with Crippen LogP contribution in [0.15, 0.2) is 6.07 Å². The zero-order valence-corrected chi connectivity index (χ0v) is 25.3. The van der Waals surface area contributed by atoms with Gasteiger partial charge < -0.3 is 19.3 Å². The van der Waals surface area contributed by atoms with Crippen molar-refractivity contribution in [3.05, 3.63) is 22.8 Å². The molecule has 1 saturated heterocycles. The minimum atomic E-state index is -0.698. The van der Waals surface area contributed by atoms with Gasteiger partial charge in [0.15, 0.2) is 11.5 Å². The summed E-state index contributed by atoms with van der Waals surface area (Å²) in [4.78, 5) is 36.5. The lowest BCUT2D eigenvalue weighted by molar-refractivity contribution is -0.217. The standard InChI is InChI=1S/C33H44O7/c1-18-21-15-25-33(40-25)30(6,22(21)16-23(38-19(2)34)26(18)39-20(3)35)12-13-31(7)24-17-29(5,27(36)37)10-9-28(24,4)11-14-32(31,33)8/h16,24-25H,9-15,17H2,1-8H3,(H,36,37). The van der Waals surface area contributed by atoms with Crippen molar-refractivity contribution in [3.63, 3.8) is 0 Å². The van der Waals surface area contributed by atoms with Crippen molar-refractivity contribution >= 4 is 17.9 Å². The number of esters is 2. The van der Waals surface area contributed by atoms with E-state index in [-0.39, 0.29) is 39.1 Å². The molecule has 1 heterocycles. The molecule has 1 aromatic carbocycles. The highest BCUT2D eigenvalue weighted by Gasteiger charge is 2.84. The third-order valence-electron chi connectivity index (χ3n) is 13.1. The SMILES string of the molecule is CC(=O)Oc1cc2c(c(C)c1OC(C)=O)CC1OC13C2(C)CCC1(C)C2CC(C)(C(=O)O)CCC2(C)CCC13C. The number of carbonyl (C=O) groups is 3. The van der Waals surface area contributed by atoms with Gasteiger partial charge in [0.25, 0.3) is 0 Å². The largest absolute Gasteiger partial charge is 0.481 e. The van der Waals surface area contributed by atoms with Crippen LogP contribution in [0.5, 0.6) is 11.5 Å². The summed E-state index contributed by atoms with van der Waals surface area (Å²) in [5.74, 6) is -0.695. The fourth-order valence-corrected chi connectivity index (χ4v) is 10.5. The molecule has 8 unspecified atom stereocenters. The van der Waals surface area contributed by atoms with Gasteiger partial charge >= 0.3 is 17.9 Å². The molecule has 1 N–H and O–H groups in total. The van der Waals surface area contributed by atoms with E-state index >= 15 is 0 Å². The van der Waals surface area contributed by atoms with Gasteiger partial charge in [-0.25, -0.2) is 0 Å². The molecule has 0 aromatic heterocycles. The zero-order valence-electron chi connectivity index (χ0n) is 25.3. The van der Waals surface area contributed by atoms with Crippen LogP contribution >= 0.6 is 0 Å². The van der Waals surface area contributed by atoms with E-state index in [1.807, 2.05) is 19.9 Å². The van der Waals surface area contributed by atoms with E-state index in [0.717, 1.165) is 55.2 Å². The monoisotopic (exact) mass is 552 g/mol. The van der Waals surface area contributed by atoms with Gasteiger partial charge in [-0.3, -0.25) is 14.4 Å². The molecule has 7 heteroatoms. The Hall–Kier alpha value is -2.41. The molecule has 0 amide bonds. The minimum absolute atomic E-state index is 0.0388. The quantitative estimate of drug-likeness (QED) is 0.267. The fourth-order valence-electron chi connectivity index (χ4n) is 10.5. The highest BCUT2D eigenvalue weighted by molar-refractivity contribution is 5.76. The van der Waals surface area contributed by atoms with Crippen molar-refractivity contribution in [3.8, 4) is 11.5 Å². The molecule has 40 heavy (non-hydrogen) atoms. The van der Waals surface area contributed by atoms with Crippen LogP contribution in [0, 0.1) is 34.5 Å². The van der Waals surface area contributed by atoms with Crippen molar-refractivity contribution in [2.24, 2.45) is 27.6 Å². The first-order valence-corrected chi connectivity index (χ1v) is 14.9. The molecule has 0 bridgehead atoms. The molecular weight excluding hydrogens is 508 g/mol. The molecule has 1 aromatic rings. The summed E-state index contributed by atoms with van der Waals surface area (Å²) in [5, 5.41) is 10.2. The third kappa shape index (κ3) is 3.19. The molecule has 3 saturated carbocycles. The van der Waals surface area contributed by atoms with Crippen LogP contribution in [-0.2, 0) is 31.0 Å². The second kappa shape index (κ2) is 8.11. The molecule has 1 aliphatic heterocycles. The second-order valence-electron chi connectivity index (χ2n) is 14.9. The smallest absolute Gasteiger partial charge is 0.309 e. The number of rotatable bonds is 3. The molecule has 7 nitrogen and oxygen atoms in total. The molecule has 0 radical (unpaired) electrons. The van der Waals surface area contributed by atoms with E-state index < -0.39 is 23.3 Å². The van der Waals surface area contributed by atoms with Crippen molar-refractivity contribution in [2.45, 2.75) is 124 Å². The number of benzene rings is 1. The average molecular weight is 553 g/mol. The first-order chi connectivity index (χ1) is 18.5. The number of carboxylic acids is 1.